The van der Waals surface area contributed by atoms with Crippen molar-refractivity contribution < 1.29 is 37.7 Å². The molecular weight excluding hydrogens is 431 g/mol. The van der Waals surface area contributed by atoms with Crippen LogP contribution < -0.4 is 5.32 Å². The first-order chi connectivity index (χ1) is 14.3. The lowest BCUT2D eigenvalue weighted by Gasteiger charge is -2.30. The lowest BCUT2D eigenvalue weighted by atomic mass is 9.97. The van der Waals surface area contributed by atoms with Gasteiger partial charge in [0.15, 0.2) is 0 Å². The summed E-state index contributed by atoms with van der Waals surface area (Å²) < 4.78 is 46.2. The number of alkyl halides is 3. The molecule has 31 heavy (non-hydrogen) atoms. The molecule has 0 aliphatic rings. The maximum Gasteiger partial charge on any atom is 0.424 e. The first kappa shape index (κ1) is 23.5. The van der Waals surface area contributed by atoms with Gasteiger partial charge in [0.1, 0.15) is 11.5 Å². The molecule has 0 spiro atoms. The number of ether oxygens (including phenoxy) is 1. The SMILES string of the molecule is COC(=O)c1cc([N+](=O)[O-])cc([N+](=O)[O-])c1NCCC(O)(c1nccn1C)C(F)(F)F. The Labute approximate surface area is 171 Å². The predicted molar refractivity (Wildman–Crippen MR) is 97.4 cm³/mol. The van der Waals surface area contributed by atoms with Gasteiger partial charge in [-0.25, -0.2) is 9.78 Å². The van der Waals surface area contributed by atoms with E-state index in [1.807, 2.05) is 0 Å². The van der Waals surface area contributed by atoms with Crippen molar-refractivity contribution in [3.8, 4) is 0 Å². The second-order valence-electron chi connectivity index (χ2n) is 6.29. The van der Waals surface area contributed by atoms with Gasteiger partial charge in [-0.1, -0.05) is 0 Å². The fourth-order valence-corrected chi connectivity index (χ4v) is 2.83. The number of hydrogen-bond donors (Lipinski definition) is 2. The van der Waals surface area contributed by atoms with Gasteiger partial charge in [-0.05, 0) is 0 Å². The number of aliphatic hydroxyl groups is 1. The molecule has 15 heteroatoms. The molecule has 2 N–H and O–H groups in total. The molecule has 1 aromatic heterocycles. The average molecular weight is 447 g/mol. The van der Waals surface area contributed by atoms with E-state index in [1.165, 1.54) is 13.2 Å². The van der Waals surface area contributed by atoms with Gasteiger partial charge in [-0.3, -0.25) is 20.2 Å². The molecule has 1 heterocycles. The lowest BCUT2D eigenvalue weighted by molar-refractivity contribution is -0.393. The number of hydrogen-bond acceptors (Lipinski definition) is 9. The summed E-state index contributed by atoms with van der Waals surface area (Å²) in [5.41, 5.74) is -6.36. The fraction of sp³-hybridized carbons (Fsp3) is 0.375. The van der Waals surface area contributed by atoms with Crippen LogP contribution in [0.15, 0.2) is 24.5 Å². The van der Waals surface area contributed by atoms with Crippen molar-refractivity contribution in [1.82, 2.24) is 9.55 Å². The van der Waals surface area contributed by atoms with E-state index in [9.17, 15) is 43.3 Å². The van der Waals surface area contributed by atoms with Crippen LogP contribution in [0.3, 0.4) is 0 Å². The molecule has 0 radical (unpaired) electrons. The van der Waals surface area contributed by atoms with E-state index in [0.717, 1.165) is 17.9 Å². The zero-order chi connectivity index (χ0) is 23.6. The van der Waals surface area contributed by atoms with Crippen LogP contribution >= 0.6 is 0 Å². The number of non-ortho nitro benzene ring substituents is 1. The molecule has 0 bridgehead atoms. The van der Waals surface area contributed by atoms with Gasteiger partial charge in [0.05, 0.1) is 28.6 Å². The van der Waals surface area contributed by atoms with Crippen LogP contribution in [0.5, 0.6) is 0 Å². The number of halogens is 3. The molecule has 12 nitrogen and oxygen atoms in total. The molecule has 1 aromatic carbocycles. The molecule has 0 aliphatic carbocycles. The summed E-state index contributed by atoms with van der Waals surface area (Å²) in [6.45, 7) is -0.717. The van der Waals surface area contributed by atoms with Crippen LogP contribution in [-0.2, 0) is 17.4 Å². The second-order valence-corrected chi connectivity index (χ2v) is 6.29. The molecule has 2 aromatic rings. The maximum absolute atomic E-state index is 13.6. The van der Waals surface area contributed by atoms with E-state index in [1.54, 1.807) is 0 Å². The second kappa shape index (κ2) is 8.55. The zero-order valence-corrected chi connectivity index (χ0v) is 16.0. The largest absolute Gasteiger partial charge is 0.465 e. The number of nitro groups is 2. The summed E-state index contributed by atoms with van der Waals surface area (Å²) >= 11 is 0. The minimum absolute atomic E-state index is 0.545. The van der Waals surface area contributed by atoms with Crippen LogP contribution in [0.25, 0.3) is 0 Å². The summed E-state index contributed by atoms with van der Waals surface area (Å²) in [7, 11) is 2.16. The molecule has 168 valence electrons. The van der Waals surface area contributed by atoms with Crippen LogP contribution in [0.1, 0.15) is 22.6 Å². The highest BCUT2D eigenvalue weighted by Gasteiger charge is 2.57. The number of anilines is 1. The van der Waals surface area contributed by atoms with E-state index in [-0.39, 0.29) is 0 Å². The van der Waals surface area contributed by atoms with E-state index in [4.69, 9.17) is 0 Å². The van der Waals surface area contributed by atoms with Crippen LogP contribution in [0.4, 0.5) is 30.2 Å². The molecule has 1 unspecified atom stereocenters. The van der Waals surface area contributed by atoms with Crippen LogP contribution in [0.2, 0.25) is 0 Å². The number of imidazole rings is 1. The minimum Gasteiger partial charge on any atom is -0.465 e. The van der Waals surface area contributed by atoms with Crippen molar-refractivity contribution in [2.45, 2.75) is 18.2 Å². The Morgan fingerprint density at radius 2 is 1.94 bits per heavy atom. The smallest absolute Gasteiger partial charge is 0.424 e. The molecule has 2 rings (SSSR count). The third-order valence-corrected chi connectivity index (χ3v) is 4.36. The monoisotopic (exact) mass is 447 g/mol. The van der Waals surface area contributed by atoms with Gasteiger partial charge in [0.25, 0.3) is 11.4 Å². The number of esters is 1. The Morgan fingerprint density at radius 1 is 1.29 bits per heavy atom. The summed E-state index contributed by atoms with van der Waals surface area (Å²) in [5.74, 6) is -1.90. The highest BCUT2D eigenvalue weighted by Crippen LogP contribution is 2.41. The zero-order valence-electron chi connectivity index (χ0n) is 16.0. The lowest BCUT2D eigenvalue weighted by Crippen LogP contribution is -2.45. The Kier molecular flexibility index (Phi) is 6.49. The summed E-state index contributed by atoms with van der Waals surface area (Å²) in [4.78, 5) is 35.9. The summed E-state index contributed by atoms with van der Waals surface area (Å²) in [5, 5.41) is 35.0. The number of nitrogens with zero attached hydrogens (tertiary/aromatic N) is 4. The quantitative estimate of drug-likeness (QED) is 0.351. The number of carbonyl (C=O) groups excluding carboxylic acids is 1. The van der Waals surface area contributed by atoms with E-state index in [0.29, 0.717) is 12.1 Å². The first-order valence-electron chi connectivity index (χ1n) is 8.39. The Morgan fingerprint density at radius 3 is 2.39 bits per heavy atom. The summed E-state index contributed by atoms with van der Waals surface area (Å²) in [6, 6.07) is 1.24. The number of carbonyl (C=O) groups is 1. The van der Waals surface area contributed by atoms with Gasteiger partial charge in [0, 0.05) is 38.5 Å². The topological polar surface area (TPSA) is 163 Å². The highest BCUT2D eigenvalue weighted by atomic mass is 19.4. The van der Waals surface area contributed by atoms with E-state index in [2.05, 4.69) is 15.0 Å². The molecule has 1 atom stereocenters. The third-order valence-electron chi connectivity index (χ3n) is 4.36. The minimum atomic E-state index is -5.15. The van der Waals surface area contributed by atoms with Crippen molar-refractivity contribution in [1.29, 1.82) is 0 Å². The summed E-state index contributed by atoms with van der Waals surface area (Å²) in [6.07, 6.45) is -3.96. The van der Waals surface area contributed by atoms with E-state index >= 15 is 0 Å². The average Bonchev–Trinajstić information content (AvgIpc) is 3.12. The number of aryl methyl sites for hydroxylation is 1. The Bertz CT molecular complexity index is 1020. The van der Waals surface area contributed by atoms with Gasteiger partial charge in [-0.2, -0.15) is 13.2 Å². The normalized spacial score (nSPS) is 13.4. The molecule has 0 fully saturated rings. The molecule has 0 amide bonds. The third kappa shape index (κ3) is 4.55. The van der Waals surface area contributed by atoms with Gasteiger partial charge < -0.3 is 19.7 Å². The number of rotatable bonds is 8. The van der Waals surface area contributed by atoms with Crippen molar-refractivity contribution in [3.05, 3.63) is 56.1 Å². The van der Waals surface area contributed by atoms with Gasteiger partial charge >= 0.3 is 12.1 Å². The Balaban J connectivity index is 2.46. The molecule has 0 aliphatic heterocycles. The number of aromatic nitrogens is 2. The van der Waals surface area contributed by atoms with Crippen molar-refractivity contribution >= 4 is 23.0 Å². The number of nitrogens with one attached hydrogen (secondary N) is 1. The van der Waals surface area contributed by atoms with Crippen LogP contribution in [-0.4, -0.2) is 50.3 Å². The standard InChI is InChI=1S/C16H16F3N5O7/c1-22-6-5-21-14(22)15(26,16(17,18)19)3-4-20-12-10(13(25)31-2)7-9(23(27)28)8-11(12)24(29)30/h5-8,20,26H,3-4H2,1-2H3. The first-order valence-corrected chi connectivity index (χ1v) is 8.39. The Hall–Kier alpha value is -3.75. The maximum atomic E-state index is 13.6. The molecular formula is C16H16F3N5O7. The highest BCUT2D eigenvalue weighted by molar-refractivity contribution is 5.99. The van der Waals surface area contributed by atoms with Crippen molar-refractivity contribution in [2.75, 3.05) is 19.0 Å². The number of benzene rings is 1. The van der Waals surface area contributed by atoms with Gasteiger partial charge in [0.2, 0.25) is 5.60 Å². The number of nitro benzene ring substituents is 2. The van der Waals surface area contributed by atoms with Gasteiger partial charge in [-0.15, -0.1) is 0 Å². The number of methoxy groups -OCH3 is 1. The fourth-order valence-electron chi connectivity index (χ4n) is 2.83. The van der Waals surface area contributed by atoms with Crippen molar-refractivity contribution in [2.24, 2.45) is 7.05 Å². The van der Waals surface area contributed by atoms with Crippen molar-refractivity contribution in [3.63, 3.8) is 0 Å². The van der Waals surface area contributed by atoms with Crippen LogP contribution in [0, 0.1) is 20.2 Å². The predicted octanol–water partition coefficient (Wildman–Crippen LogP) is 2.28. The molecule has 0 saturated heterocycles. The molecule has 0 saturated carbocycles. The van der Waals surface area contributed by atoms with E-state index < -0.39 is 69.0 Å².